The minimum absolute atomic E-state index is 0.0171. The SMILES string of the molecule is CC1CC1C#CCO. The molecule has 8 heavy (non-hydrogen) atoms. The van der Waals surface area contributed by atoms with E-state index in [-0.39, 0.29) is 6.61 Å². The van der Waals surface area contributed by atoms with Crippen molar-refractivity contribution in [1.82, 2.24) is 0 Å². The van der Waals surface area contributed by atoms with E-state index in [0.717, 1.165) is 5.92 Å². The molecule has 2 unspecified atom stereocenters. The molecule has 1 aliphatic rings. The van der Waals surface area contributed by atoms with Crippen molar-refractivity contribution in [3.05, 3.63) is 0 Å². The molecule has 1 aliphatic carbocycles. The molecule has 0 radical (unpaired) electrons. The van der Waals surface area contributed by atoms with E-state index >= 15 is 0 Å². The molecule has 1 heteroatoms. The molecule has 1 rings (SSSR count). The molecule has 44 valence electrons. The predicted octanol–water partition coefficient (Wildman–Crippen LogP) is 0.638. The lowest BCUT2D eigenvalue weighted by Gasteiger charge is -1.73. The standard InChI is InChI=1S/C7H10O/c1-6-5-7(6)3-2-4-8/h6-8H,4-5H2,1H3. The van der Waals surface area contributed by atoms with Crippen LogP contribution >= 0.6 is 0 Å². The Labute approximate surface area is 49.7 Å². The van der Waals surface area contributed by atoms with Gasteiger partial charge in [0.2, 0.25) is 0 Å². The van der Waals surface area contributed by atoms with Gasteiger partial charge in [0.05, 0.1) is 0 Å². The van der Waals surface area contributed by atoms with Crippen molar-refractivity contribution in [2.45, 2.75) is 13.3 Å². The van der Waals surface area contributed by atoms with Crippen LogP contribution in [0.1, 0.15) is 13.3 Å². The van der Waals surface area contributed by atoms with Crippen LogP contribution in [0.4, 0.5) is 0 Å². The fourth-order valence-corrected chi connectivity index (χ4v) is 0.700. The summed E-state index contributed by atoms with van der Waals surface area (Å²) in [5.74, 6) is 6.99. The molecular formula is C7H10O. The molecule has 1 nitrogen and oxygen atoms in total. The molecule has 0 heterocycles. The second-order valence-electron chi connectivity index (χ2n) is 2.30. The van der Waals surface area contributed by atoms with Crippen LogP contribution in [0.3, 0.4) is 0 Å². The van der Waals surface area contributed by atoms with Crippen LogP contribution in [-0.4, -0.2) is 11.7 Å². The van der Waals surface area contributed by atoms with E-state index in [9.17, 15) is 0 Å². The molecule has 0 aromatic carbocycles. The van der Waals surface area contributed by atoms with Crippen LogP contribution in [-0.2, 0) is 0 Å². The smallest absolute Gasteiger partial charge is 0.104 e. The summed E-state index contributed by atoms with van der Waals surface area (Å²) in [5, 5.41) is 8.26. The maximum absolute atomic E-state index is 8.26. The molecule has 0 spiro atoms. The second-order valence-corrected chi connectivity index (χ2v) is 2.30. The van der Waals surface area contributed by atoms with Gasteiger partial charge in [0.25, 0.3) is 0 Å². The molecule has 0 amide bonds. The number of aliphatic hydroxyl groups excluding tert-OH is 1. The van der Waals surface area contributed by atoms with Crippen LogP contribution in [0.5, 0.6) is 0 Å². The van der Waals surface area contributed by atoms with Crippen molar-refractivity contribution in [2.24, 2.45) is 11.8 Å². The predicted molar refractivity (Wildman–Crippen MR) is 32.1 cm³/mol. The van der Waals surface area contributed by atoms with Gasteiger partial charge in [-0.1, -0.05) is 18.8 Å². The maximum atomic E-state index is 8.26. The average molecular weight is 110 g/mol. The fraction of sp³-hybridized carbons (Fsp3) is 0.714. The van der Waals surface area contributed by atoms with E-state index in [1.54, 1.807) is 0 Å². The van der Waals surface area contributed by atoms with Crippen LogP contribution < -0.4 is 0 Å². The Morgan fingerprint density at radius 2 is 2.38 bits per heavy atom. The van der Waals surface area contributed by atoms with Crippen LogP contribution in [0.2, 0.25) is 0 Å². The van der Waals surface area contributed by atoms with E-state index in [0.29, 0.717) is 5.92 Å². The zero-order chi connectivity index (χ0) is 5.98. The van der Waals surface area contributed by atoms with E-state index in [2.05, 4.69) is 18.8 Å². The quantitative estimate of drug-likeness (QED) is 0.454. The number of aliphatic hydroxyl groups is 1. The number of hydrogen-bond donors (Lipinski definition) is 1. The van der Waals surface area contributed by atoms with Gasteiger partial charge in [0.15, 0.2) is 0 Å². The Morgan fingerprint density at radius 3 is 2.75 bits per heavy atom. The van der Waals surface area contributed by atoms with Crippen molar-refractivity contribution in [3.63, 3.8) is 0 Å². The summed E-state index contributed by atoms with van der Waals surface area (Å²) in [6.45, 7) is 2.19. The van der Waals surface area contributed by atoms with Crippen molar-refractivity contribution in [2.75, 3.05) is 6.61 Å². The first-order valence-electron chi connectivity index (χ1n) is 2.94. The largest absolute Gasteiger partial charge is 0.384 e. The summed E-state index contributed by atoms with van der Waals surface area (Å²) in [6, 6.07) is 0. The Morgan fingerprint density at radius 1 is 1.75 bits per heavy atom. The Hall–Kier alpha value is -0.480. The topological polar surface area (TPSA) is 20.2 Å². The lowest BCUT2D eigenvalue weighted by molar-refractivity contribution is 0.350. The summed E-state index contributed by atoms with van der Waals surface area (Å²) < 4.78 is 0. The first-order chi connectivity index (χ1) is 3.84. The lowest BCUT2D eigenvalue weighted by Crippen LogP contribution is -1.74. The van der Waals surface area contributed by atoms with E-state index in [1.165, 1.54) is 6.42 Å². The Kier molecular flexibility index (Phi) is 1.55. The van der Waals surface area contributed by atoms with Gasteiger partial charge in [-0.25, -0.2) is 0 Å². The summed E-state index contributed by atoms with van der Waals surface area (Å²) >= 11 is 0. The zero-order valence-corrected chi connectivity index (χ0v) is 5.02. The number of hydrogen-bond acceptors (Lipinski definition) is 1. The van der Waals surface area contributed by atoms with Crippen LogP contribution in [0.25, 0.3) is 0 Å². The highest BCUT2D eigenvalue weighted by Gasteiger charge is 2.30. The van der Waals surface area contributed by atoms with Gasteiger partial charge in [-0.15, -0.1) is 0 Å². The van der Waals surface area contributed by atoms with Gasteiger partial charge >= 0.3 is 0 Å². The molecule has 1 fully saturated rings. The molecule has 0 aromatic heterocycles. The summed E-state index contributed by atoms with van der Waals surface area (Å²) in [5.41, 5.74) is 0. The first kappa shape index (κ1) is 5.65. The maximum Gasteiger partial charge on any atom is 0.104 e. The third kappa shape index (κ3) is 1.24. The van der Waals surface area contributed by atoms with Gasteiger partial charge in [0.1, 0.15) is 6.61 Å². The van der Waals surface area contributed by atoms with E-state index < -0.39 is 0 Å². The lowest BCUT2D eigenvalue weighted by atomic mass is 10.3. The van der Waals surface area contributed by atoms with Crippen molar-refractivity contribution in [1.29, 1.82) is 0 Å². The van der Waals surface area contributed by atoms with Crippen LogP contribution in [0, 0.1) is 23.7 Å². The third-order valence-corrected chi connectivity index (χ3v) is 1.48. The first-order valence-corrected chi connectivity index (χ1v) is 2.94. The van der Waals surface area contributed by atoms with Gasteiger partial charge in [-0.2, -0.15) is 0 Å². The van der Waals surface area contributed by atoms with Gasteiger partial charge in [-0.05, 0) is 12.3 Å². The van der Waals surface area contributed by atoms with Crippen molar-refractivity contribution < 1.29 is 5.11 Å². The molecule has 0 saturated heterocycles. The molecule has 2 atom stereocenters. The summed E-state index contributed by atoms with van der Waals surface area (Å²) in [6.07, 6.45) is 1.23. The molecule has 0 bridgehead atoms. The second kappa shape index (κ2) is 2.19. The monoisotopic (exact) mass is 110 g/mol. The molecule has 0 aromatic rings. The van der Waals surface area contributed by atoms with E-state index in [1.807, 2.05) is 0 Å². The average Bonchev–Trinajstić information content (AvgIpc) is 2.42. The highest BCUT2D eigenvalue weighted by atomic mass is 16.2. The highest BCUT2D eigenvalue weighted by Crippen LogP contribution is 2.36. The minimum Gasteiger partial charge on any atom is -0.384 e. The summed E-state index contributed by atoms with van der Waals surface area (Å²) in [4.78, 5) is 0. The van der Waals surface area contributed by atoms with Gasteiger partial charge < -0.3 is 5.11 Å². The minimum atomic E-state index is 0.0171. The fourth-order valence-electron chi connectivity index (χ4n) is 0.700. The van der Waals surface area contributed by atoms with Crippen molar-refractivity contribution >= 4 is 0 Å². The normalized spacial score (nSPS) is 33.2. The molecular weight excluding hydrogens is 100 g/mol. The molecule has 1 saturated carbocycles. The molecule has 0 aliphatic heterocycles. The van der Waals surface area contributed by atoms with Gasteiger partial charge in [-0.3, -0.25) is 0 Å². The zero-order valence-electron chi connectivity index (χ0n) is 5.02. The van der Waals surface area contributed by atoms with Crippen LogP contribution in [0.15, 0.2) is 0 Å². The summed E-state index contributed by atoms with van der Waals surface area (Å²) in [7, 11) is 0. The Bertz CT molecular complexity index is 129. The number of rotatable bonds is 0. The molecule has 1 N–H and O–H groups in total. The van der Waals surface area contributed by atoms with E-state index in [4.69, 9.17) is 5.11 Å². The van der Waals surface area contributed by atoms with Gasteiger partial charge in [0, 0.05) is 5.92 Å². The third-order valence-electron chi connectivity index (χ3n) is 1.48. The highest BCUT2D eigenvalue weighted by molar-refractivity contribution is 5.11. The Balaban J connectivity index is 2.21. The van der Waals surface area contributed by atoms with Crippen molar-refractivity contribution in [3.8, 4) is 11.8 Å².